The molecule has 0 spiro atoms. The number of para-hydroxylation sites is 2. The van der Waals surface area contributed by atoms with Gasteiger partial charge in [-0.05, 0) is 50.0 Å². The minimum absolute atomic E-state index is 0.0626. The van der Waals surface area contributed by atoms with Crippen molar-refractivity contribution in [1.29, 1.82) is 0 Å². The second kappa shape index (κ2) is 10.6. The number of rotatable bonds is 9. The van der Waals surface area contributed by atoms with Gasteiger partial charge in [0.2, 0.25) is 0 Å². The van der Waals surface area contributed by atoms with Crippen molar-refractivity contribution in [2.24, 2.45) is 0 Å². The highest BCUT2D eigenvalue weighted by atomic mass is 19.1. The lowest BCUT2D eigenvalue weighted by Crippen LogP contribution is -2.35. The van der Waals surface area contributed by atoms with E-state index in [-0.39, 0.29) is 24.4 Å². The maximum Gasteiger partial charge on any atom is 0.255 e. The van der Waals surface area contributed by atoms with E-state index < -0.39 is 0 Å². The zero-order valence-electron chi connectivity index (χ0n) is 18.0. The number of hydrogen-bond acceptors (Lipinski definition) is 4. The number of methoxy groups -OCH3 is 1. The predicted octanol–water partition coefficient (Wildman–Crippen LogP) is 4.45. The van der Waals surface area contributed by atoms with Gasteiger partial charge in [-0.25, -0.2) is 4.39 Å². The number of amides is 1. The number of hydrogen-bond donors (Lipinski definition) is 1. The molecular formula is C25H27FN2O3. The molecule has 1 N–H and O–H groups in total. The number of nitrogens with zero attached hydrogens (tertiary/aromatic N) is 1. The first-order valence-electron chi connectivity index (χ1n) is 10.0. The molecule has 0 saturated heterocycles. The number of carbonyl (C=O) groups is 1. The lowest BCUT2D eigenvalue weighted by Gasteiger charge is -2.26. The summed E-state index contributed by atoms with van der Waals surface area (Å²) in [5.41, 5.74) is 2.26. The van der Waals surface area contributed by atoms with Crippen LogP contribution in [0.5, 0.6) is 11.5 Å². The van der Waals surface area contributed by atoms with E-state index in [4.69, 9.17) is 9.47 Å². The molecule has 5 nitrogen and oxygen atoms in total. The number of halogens is 1. The Labute approximate surface area is 182 Å². The van der Waals surface area contributed by atoms with Crippen molar-refractivity contribution in [2.45, 2.75) is 12.6 Å². The number of likely N-dealkylation sites (N-methyl/N-ethyl adjacent to an activating group) is 1. The van der Waals surface area contributed by atoms with E-state index in [2.05, 4.69) is 5.32 Å². The molecular weight excluding hydrogens is 395 g/mol. The first-order valence-corrected chi connectivity index (χ1v) is 10.0. The van der Waals surface area contributed by atoms with Crippen molar-refractivity contribution in [2.75, 3.05) is 27.7 Å². The van der Waals surface area contributed by atoms with E-state index in [1.165, 1.54) is 12.1 Å². The van der Waals surface area contributed by atoms with Crippen LogP contribution in [0.15, 0.2) is 72.8 Å². The Hall–Kier alpha value is -3.38. The second-order valence-electron chi connectivity index (χ2n) is 7.34. The van der Waals surface area contributed by atoms with E-state index in [1.807, 2.05) is 49.3 Å². The Morgan fingerprint density at radius 1 is 0.968 bits per heavy atom. The molecule has 0 fully saturated rings. The fourth-order valence-corrected chi connectivity index (χ4v) is 3.32. The van der Waals surface area contributed by atoms with Crippen molar-refractivity contribution in [3.8, 4) is 11.5 Å². The van der Waals surface area contributed by atoms with Gasteiger partial charge in [-0.15, -0.1) is 0 Å². The van der Waals surface area contributed by atoms with Crippen LogP contribution in [0, 0.1) is 5.82 Å². The molecule has 3 rings (SSSR count). The average molecular weight is 423 g/mol. The molecule has 0 unspecified atom stereocenters. The van der Waals surface area contributed by atoms with Gasteiger partial charge >= 0.3 is 0 Å². The zero-order valence-corrected chi connectivity index (χ0v) is 18.0. The Kier molecular flexibility index (Phi) is 7.62. The zero-order chi connectivity index (χ0) is 22.2. The van der Waals surface area contributed by atoms with Gasteiger partial charge in [-0.1, -0.05) is 42.5 Å². The SMILES string of the molecule is COc1ccccc1[C@H](CNC(=O)c1ccccc1OCc1ccc(F)cc1)N(C)C. The van der Waals surface area contributed by atoms with Gasteiger partial charge in [0.1, 0.15) is 23.9 Å². The van der Waals surface area contributed by atoms with Crippen LogP contribution in [-0.2, 0) is 6.61 Å². The maximum absolute atomic E-state index is 13.1. The minimum Gasteiger partial charge on any atom is -0.496 e. The average Bonchev–Trinajstić information content (AvgIpc) is 2.79. The topological polar surface area (TPSA) is 50.8 Å². The summed E-state index contributed by atoms with van der Waals surface area (Å²) < 4.78 is 24.4. The van der Waals surface area contributed by atoms with Crippen molar-refractivity contribution < 1.29 is 18.7 Å². The highest BCUT2D eigenvalue weighted by Gasteiger charge is 2.20. The molecule has 0 aliphatic carbocycles. The van der Waals surface area contributed by atoms with Gasteiger partial charge in [0.15, 0.2) is 0 Å². The van der Waals surface area contributed by atoms with Crippen molar-refractivity contribution in [3.05, 3.63) is 95.3 Å². The van der Waals surface area contributed by atoms with Gasteiger partial charge in [0.25, 0.3) is 5.91 Å². The van der Waals surface area contributed by atoms with Gasteiger partial charge in [-0.2, -0.15) is 0 Å². The Morgan fingerprint density at radius 3 is 2.29 bits per heavy atom. The fourth-order valence-electron chi connectivity index (χ4n) is 3.32. The third kappa shape index (κ3) is 5.83. The minimum atomic E-state index is -0.297. The molecule has 1 amide bonds. The standard InChI is InChI=1S/C25H27FN2O3/c1-28(2)22(20-8-4-6-10-23(20)30-3)16-27-25(29)21-9-5-7-11-24(21)31-17-18-12-14-19(26)15-13-18/h4-15,22H,16-17H2,1-3H3,(H,27,29)/t22-/m0/s1. The summed E-state index contributed by atoms with van der Waals surface area (Å²) in [4.78, 5) is 15.0. The first kappa shape index (κ1) is 22.3. The van der Waals surface area contributed by atoms with Crippen LogP contribution < -0.4 is 14.8 Å². The van der Waals surface area contributed by atoms with Crippen LogP contribution in [0.4, 0.5) is 4.39 Å². The summed E-state index contributed by atoms with van der Waals surface area (Å²) in [6.45, 7) is 0.643. The molecule has 1 atom stereocenters. The van der Waals surface area contributed by atoms with Crippen molar-refractivity contribution >= 4 is 5.91 Å². The van der Waals surface area contributed by atoms with Gasteiger partial charge in [-0.3, -0.25) is 4.79 Å². The molecule has 0 aromatic heterocycles. The molecule has 0 saturated carbocycles. The van der Waals surface area contributed by atoms with Crippen LogP contribution in [0.1, 0.15) is 27.5 Å². The largest absolute Gasteiger partial charge is 0.496 e. The van der Waals surface area contributed by atoms with E-state index in [9.17, 15) is 9.18 Å². The molecule has 0 radical (unpaired) electrons. The lowest BCUT2D eigenvalue weighted by atomic mass is 10.0. The molecule has 0 aliphatic heterocycles. The van der Waals surface area contributed by atoms with E-state index in [0.29, 0.717) is 17.9 Å². The summed E-state index contributed by atoms with van der Waals surface area (Å²) in [6.07, 6.45) is 0. The first-order chi connectivity index (χ1) is 15.0. The summed E-state index contributed by atoms with van der Waals surface area (Å²) in [5, 5.41) is 3.01. The second-order valence-corrected chi connectivity index (χ2v) is 7.34. The molecule has 0 aliphatic rings. The Bertz CT molecular complexity index is 1010. The lowest BCUT2D eigenvalue weighted by molar-refractivity contribution is 0.0937. The van der Waals surface area contributed by atoms with Crippen LogP contribution in [0.3, 0.4) is 0 Å². The van der Waals surface area contributed by atoms with Crippen molar-refractivity contribution in [3.63, 3.8) is 0 Å². The number of ether oxygens (including phenoxy) is 2. The van der Waals surface area contributed by atoms with Gasteiger partial charge in [0, 0.05) is 12.1 Å². The summed E-state index contributed by atoms with van der Waals surface area (Å²) >= 11 is 0. The summed E-state index contributed by atoms with van der Waals surface area (Å²) in [7, 11) is 5.56. The molecule has 6 heteroatoms. The van der Waals surface area contributed by atoms with Crippen LogP contribution in [0.2, 0.25) is 0 Å². The molecule has 31 heavy (non-hydrogen) atoms. The highest BCUT2D eigenvalue weighted by molar-refractivity contribution is 5.96. The molecule has 3 aromatic rings. The Morgan fingerprint density at radius 2 is 1.61 bits per heavy atom. The summed E-state index contributed by atoms with van der Waals surface area (Å²) in [5.74, 6) is 0.729. The fraction of sp³-hybridized carbons (Fsp3) is 0.240. The quantitative estimate of drug-likeness (QED) is 0.554. The summed E-state index contributed by atoms with van der Waals surface area (Å²) in [6, 6.07) is 20.9. The third-order valence-electron chi connectivity index (χ3n) is 5.02. The molecule has 162 valence electrons. The third-order valence-corrected chi connectivity index (χ3v) is 5.02. The van der Waals surface area contributed by atoms with Gasteiger partial charge < -0.3 is 19.7 Å². The molecule has 0 bridgehead atoms. The van der Waals surface area contributed by atoms with Crippen LogP contribution in [0.25, 0.3) is 0 Å². The van der Waals surface area contributed by atoms with Crippen LogP contribution >= 0.6 is 0 Å². The van der Waals surface area contributed by atoms with E-state index in [0.717, 1.165) is 16.9 Å². The molecule has 3 aromatic carbocycles. The predicted molar refractivity (Wildman–Crippen MR) is 119 cm³/mol. The highest BCUT2D eigenvalue weighted by Crippen LogP contribution is 2.27. The number of benzene rings is 3. The maximum atomic E-state index is 13.1. The molecule has 0 heterocycles. The monoisotopic (exact) mass is 422 g/mol. The normalized spacial score (nSPS) is 11.8. The van der Waals surface area contributed by atoms with Crippen LogP contribution in [-0.4, -0.2) is 38.6 Å². The number of carbonyl (C=O) groups excluding carboxylic acids is 1. The number of nitrogens with one attached hydrogen (secondary N) is 1. The van der Waals surface area contributed by atoms with Crippen molar-refractivity contribution in [1.82, 2.24) is 10.2 Å². The van der Waals surface area contributed by atoms with E-state index >= 15 is 0 Å². The Balaban J connectivity index is 1.70. The smallest absolute Gasteiger partial charge is 0.255 e. The van der Waals surface area contributed by atoms with Gasteiger partial charge in [0.05, 0.1) is 18.7 Å². The van der Waals surface area contributed by atoms with E-state index in [1.54, 1.807) is 37.4 Å².